The van der Waals surface area contributed by atoms with E-state index in [4.69, 9.17) is 14.9 Å². The van der Waals surface area contributed by atoms with Crippen LogP contribution >= 0.6 is 0 Å². The van der Waals surface area contributed by atoms with E-state index in [1.807, 2.05) is 32.0 Å². The van der Waals surface area contributed by atoms with E-state index < -0.39 is 0 Å². The van der Waals surface area contributed by atoms with Crippen LogP contribution in [0.5, 0.6) is 5.75 Å². The summed E-state index contributed by atoms with van der Waals surface area (Å²) in [5, 5.41) is 0. The van der Waals surface area contributed by atoms with Gasteiger partial charge in [-0.2, -0.15) is 0 Å². The van der Waals surface area contributed by atoms with Crippen LogP contribution in [0.25, 0.3) is 0 Å². The van der Waals surface area contributed by atoms with Crippen molar-refractivity contribution >= 4 is 0 Å². The number of benzene rings is 1. The monoisotopic (exact) mass is 259 g/mol. The highest BCUT2D eigenvalue weighted by Gasteiger charge is 2.20. The maximum absolute atomic E-state index is 6.34. The number of furan rings is 1. The Morgan fingerprint density at radius 3 is 2.58 bits per heavy atom. The highest BCUT2D eigenvalue weighted by atomic mass is 16.5. The summed E-state index contributed by atoms with van der Waals surface area (Å²) in [5.41, 5.74) is 9.62. The minimum absolute atomic E-state index is 0.296. The zero-order valence-corrected chi connectivity index (χ0v) is 12.0. The summed E-state index contributed by atoms with van der Waals surface area (Å²) in [7, 11) is 1.67. The molecular weight excluding hydrogens is 238 g/mol. The van der Waals surface area contributed by atoms with Gasteiger partial charge in [-0.3, -0.25) is 0 Å². The summed E-state index contributed by atoms with van der Waals surface area (Å²) in [6.07, 6.45) is 0.872. The molecule has 2 aromatic rings. The molecule has 1 aromatic heterocycles. The number of rotatable bonds is 4. The van der Waals surface area contributed by atoms with Crippen molar-refractivity contribution in [1.29, 1.82) is 0 Å². The second-order valence-electron chi connectivity index (χ2n) is 4.83. The van der Waals surface area contributed by atoms with Crippen LogP contribution in [-0.2, 0) is 6.42 Å². The van der Waals surface area contributed by atoms with Crippen molar-refractivity contribution in [2.24, 2.45) is 5.73 Å². The molecule has 0 fully saturated rings. The van der Waals surface area contributed by atoms with Gasteiger partial charge < -0.3 is 14.9 Å². The van der Waals surface area contributed by atoms with E-state index in [0.29, 0.717) is 0 Å². The topological polar surface area (TPSA) is 48.4 Å². The Balaban J connectivity index is 2.45. The van der Waals surface area contributed by atoms with Gasteiger partial charge >= 0.3 is 0 Å². The second kappa shape index (κ2) is 5.49. The molecule has 1 heterocycles. The van der Waals surface area contributed by atoms with Crippen LogP contribution in [0.4, 0.5) is 0 Å². The van der Waals surface area contributed by atoms with Gasteiger partial charge in [0.25, 0.3) is 0 Å². The molecular formula is C16H21NO2. The molecule has 0 aliphatic heterocycles. The summed E-state index contributed by atoms with van der Waals surface area (Å²) in [6.45, 7) is 6.16. The van der Waals surface area contributed by atoms with Crippen molar-refractivity contribution in [3.63, 3.8) is 0 Å². The predicted octanol–water partition coefficient (Wildman–Crippen LogP) is 3.52. The average Bonchev–Trinajstić information content (AvgIpc) is 2.85. The van der Waals surface area contributed by atoms with Gasteiger partial charge in [-0.25, -0.2) is 0 Å². The number of aryl methyl sites for hydroxylation is 3. The fourth-order valence-electron chi connectivity index (χ4n) is 2.40. The summed E-state index contributed by atoms with van der Waals surface area (Å²) < 4.78 is 11.2. The van der Waals surface area contributed by atoms with Crippen molar-refractivity contribution in [2.45, 2.75) is 33.2 Å². The molecule has 0 amide bonds. The van der Waals surface area contributed by atoms with Gasteiger partial charge in [0.15, 0.2) is 0 Å². The molecule has 0 aliphatic carbocycles. The third kappa shape index (κ3) is 2.66. The highest BCUT2D eigenvalue weighted by molar-refractivity contribution is 5.47. The summed E-state index contributed by atoms with van der Waals surface area (Å²) in [4.78, 5) is 0. The number of nitrogens with two attached hydrogens (primary N) is 1. The van der Waals surface area contributed by atoms with Gasteiger partial charge in [0.2, 0.25) is 0 Å². The lowest BCUT2D eigenvalue weighted by Gasteiger charge is -2.17. The van der Waals surface area contributed by atoms with Gasteiger partial charge in [-0.05, 0) is 43.2 Å². The van der Waals surface area contributed by atoms with Crippen molar-refractivity contribution < 1.29 is 9.15 Å². The molecule has 0 radical (unpaired) electrons. The normalized spacial score (nSPS) is 12.5. The lowest BCUT2D eigenvalue weighted by molar-refractivity contribution is 0.399. The number of hydrogen-bond donors (Lipinski definition) is 1. The molecule has 0 saturated heterocycles. The van der Waals surface area contributed by atoms with Crippen LogP contribution in [0, 0.1) is 13.8 Å². The van der Waals surface area contributed by atoms with Crippen LogP contribution in [-0.4, -0.2) is 7.11 Å². The molecule has 2 N–H and O–H groups in total. The van der Waals surface area contributed by atoms with Crippen LogP contribution in [0.2, 0.25) is 0 Å². The number of ether oxygens (including phenoxy) is 1. The van der Waals surface area contributed by atoms with Crippen molar-refractivity contribution in [2.75, 3.05) is 7.11 Å². The first-order valence-corrected chi connectivity index (χ1v) is 6.56. The maximum atomic E-state index is 6.34. The van der Waals surface area contributed by atoms with E-state index in [0.717, 1.165) is 34.8 Å². The highest BCUT2D eigenvalue weighted by Crippen LogP contribution is 2.33. The molecule has 3 heteroatoms. The zero-order chi connectivity index (χ0) is 14.0. The quantitative estimate of drug-likeness (QED) is 0.914. The van der Waals surface area contributed by atoms with Gasteiger partial charge in [-0.15, -0.1) is 0 Å². The third-order valence-corrected chi connectivity index (χ3v) is 3.36. The first-order chi connectivity index (χ1) is 9.06. The zero-order valence-electron chi connectivity index (χ0n) is 12.0. The first-order valence-electron chi connectivity index (χ1n) is 6.56. The molecule has 0 saturated carbocycles. The van der Waals surface area contributed by atoms with E-state index in [9.17, 15) is 0 Å². The summed E-state index contributed by atoms with van der Waals surface area (Å²) in [5.74, 6) is 2.55. The van der Waals surface area contributed by atoms with E-state index in [-0.39, 0.29) is 6.04 Å². The van der Waals surface area contributed by atoms with Crippen molar-refractivity contribution in [1.82, 2.24) is 0 Å². The Labute approximate surface area is 114 Å². The standard InChI is InChI=1S/C16H21NO2/c1-5-12-6-7-13(19-12)16(17)15-11(3)8-10(2)9-14(15)18-4/h6-9,16H,5,17H2,1-4H3. The molecule has 0 aliphatic rings. The lowest BCUT2D eigenvalue weighted by Crippen LogP contribution is -2.14. The lowest BCUT2D eigenvalue weighted by atomic mass is 9.97. The largest absolute Gasteiger partial charge is 0.496 e. The molecule has 0 spiro atoms. The average molecular weight is 259 g/mol. The fraction of sp³-hybridized carbons (Fsp3) is 0.375. The predicted molar refractivity (Wildman–Crippen MR) is 76.6 cm³/mol. The molecule has 3 nitrogen and oxygen atoms in total. The van der Waals surface area contributed by atoms with Crippen molar-refractivity contribution in [3.8, 4) is 5.75 Å². The maximum Gasteiger partial charge on any atom is 0.125 e. The number of methoxy groups -OCH3 is 1. The molecule has 102 valence electrons. The summed E-state index contributed by atoms with van der Waals surface area (Å²) >= 11 is 0. The Morgan fingerprint density at radius 2 is 2.00 bits per heavy atom. The van der Waals surface area contributed by atoms with Gasteiger partial charge in [-0.1, -0.05) is 13.0 Å². The van der Waals surface area contributed by atoms with Gasteiger partial charge in [0, 0.05) is 12.0 Å². The Morgan fingerprint density at radius 1 is 1.26 bits per heavy atom. The third-order valence-electron chi connectivity index (χ3n) is 3.36. The molecule has 1 unspecified atom stereocenters. The minimum atomic E-state index is -0.296. The van der Waals surface area contributed by atoms with E-state index in [1.165, 1.54) is 5.56 Å². The van der Waals surface area contributed by atoms with Crippen LogP contribution in [0.15, 0.2) is 28.7 Å². The van der Waals surface area contributed by atoms with E-state index >= 15 is 0 Å². The minimum Gasteiger partial charge on any atom is -0.496 e. The molecule has 19 heavy (non-hydrogen) atoms. The van der Waals surface area contributed by atoms with Crippen LogP contribution in [0.3, 0.4) is 0 Å². The smallest absolute Gasteiger partial charge is 0.125 e. The number of hydrogen-bond acceptors (Lipinski definition) is 3. The van der Waals surface area contributed by atoms with E-state index in [2.05, 4.69) is 13.0 Å². The molecule has 1 atom stereocenters. The van der Waals surface area contributed by atoms with Crippen LogP contribution < -0.4 is 10.5 Å². The second-order valence-corrected chi connectivity index (χ2v) is 4.83. The first kappa shape index (κ1) is 13.7. The molecule has 2 rings (SSSR count). The Hall–Kier alpha value is -1.74. The van der Waals surface area contributed by atoms with Gasteiger partial charge in [0.05, 0.1) is 13.2 Å². The van der Waals surface area contributed by atoms with Gasteiger partial charge in [0.1, 0.15) is 17.3 Å². The summed E-state index contributed by atoms with van der Waals surface area (Å²) in [6, 6.07) is 7.75. The Bertz CT molecular complexity index is 572. The molecule has 1 aromatic carbocycles. The van der Waals surface area contributed by atoms with Crippen LogP contribution in [0.1, 0.15) is 41.2 Å². The van der Waals surface area contributed by atoms with E-state index in [1.54, 1.807) is 7.11 Å². The SMILES string of the molecule is CCc1ccc(C(N)c2c(C)cc(C)cc2OC)o1. The Kier molecular flexibility index (Phi) is 3.96. The van der Waals surface area contributed by atoms with Crippen molar-refractivity contribution in [3.05, 3.63) is 52.5 Å². The molecule has 0 bridgehead atoms. The fourth-order valence-corrected chi connectivity index (χ4v) is 2.40.